The van der Waals surface area contributed by atoms with Gasteiger partial charge in [-0.2, -0.15) is 0 Å². The van der Waals surface area contributed by atoms with Crippen LogP contribution in [0.4, 0.5) is 0 Å². The molecule has 3 nitrogen and oxygen atoms in total. The number of carbonyl (C=O) groups is 1. The van der Waals surface area contributed by atoms with Gasteiger partial charge in [-0.3, -0.25) is 4.79 Å². The van der Waals surface area contributed by atoms with Crippen LogP contribution in [0.5, 0.6) is 0 Å². The summed E-state index contributed by atoms with van der Waals surface area (Å²) in [6.45, 7) is 5.35. The smallest absolute Gasteiger partial charge is 0.219 e. The highest BCUT2D eigenvalue weighted by Crippen LogP contribution is 1.89. The summed E-state index contributed by atoms with van der Waals surface area (Å²) in [5, 5.41) is 2.82. The minimum Gasteiger partial charge on any atom is -0.356 e. The second kappa shape index (κ2) is 6.16. The zero-order valence-corrected chi connectivity index (χ0v) is 7.39. The van der Waals surface area contributed by atoms with E-state index in [1.807, 2.05) is 13.8 Å². The van der Waals surface area contributed by atoms with Gasteiger partial charge in [-0.1, -0.05) is 13.8 Å². The van der Waals surface area contributed by atoms with Crippen molar-refractivity contribution in [1.29, 1.82) is 0 Å². The number of carbonyl (C=O) groups excluding carboxylic acids is 1. The Bertz CT molecular complexity index is 115. The van der Waals surface area contributed by atoms with E-state index < -0.39 is 0 Å². The molecule has 11 heavy (non-hydrogen) atoms. The molecule has 0 heterocycles. The Morgan fingerprint density at radius 3 is 2.73 bits per heavy atom. The number of rotatable bonds is 5. The Morgan fingerprint density at radius 2 is 2.27 bits per heavy atom. The molecule has 0 bridgehead atoms. The fourth-order valence-electron chi connectivity index (χ4n) is 0.687. The van der Waals surface area contributed by atoms with Gasteiger partial charge in [0.15, 0.2) is 0 Å². The molecule has 0 aliphatic heterocycles. The molecular weight excluding hydrogens is 140 g/mol. The second-order valence-corrected chi connectivity index (χ2v) is 2.89. The van der Waals surface area contributed by atoms with Crippen LogP contribution in [0.1, 0.15) is 26.7 Å². The highest BCUT2D eigenvalue weighted by Gasteiger charge is 2.01. The Labute approximate surface area is 68.3 Å². The minimum absolute atomic E-state index is 0.132. The van der Waals surface area contributed by atoms with Gasteiger partial charge in [0, 0.05) is 13.0 Å². The van der Waals surface area contributed by atoms with E-state index >= 15 is 0 Å². The number of nitrogens with two attached hydrogens (primary N) is 1. The lowest BCUT2D eigenvalue weighted by Gasteiger charge is -2.08. The van der Waals surface area contributed by atoms with Crippen LogP contribution in [0.15, 0.2) is 0 Å². The first-order valence-electron chi connectivity index (χ1n) is 4.17. The third kappa shape index (κ3) is 5.85. The molecule has 1 unspecified atom stereocenters. The fourth-order valence-corrected chi connectivity index (χ4v) is 0.687. The summed E-state index contributed by atoms with van der Waals surface area (Å²) in [7, 11) is 0. The zero-order valence-electron chi connectivity index (χ0n) is 7.39. The fraction of sp³-hybridized carbons (Fsp3) is 0.875. The van der Waals surface area contributed by atoms with Crippen molar-refractivity contribution in [2.45, 2.75) is 26.7 Å². The topological polar surface area (TPSA) is 55.1 Å². The summed E-state index contributed by atoms with van der Waals surface area (Å²) in [6.07, 6.45) is 1.53. The molecule has 66 valence electrons. The van der Waals surface area contributed by atoms with Crippen molar-refractivity contribution >= 4 is 5.91 Å². The summed E-state index contributed by atoms with van der Waals surface area (Å²) in [4.78, 5) is 10.9. The number of amides is 1. The van der Waals surface area contributed by atoms with E-state index in [9.17, 15) is 4.79 Å². The Balaban J connectivity index is 3.30. The predicted octanol–water partition coefficient (Wildman–Crippen LogP) is 0.497. The van der Waals surface area contributed by atoms with Gasteiger partial charge in [0.25, 0.3) is 0 Å². The quantitative estimate of drug-likeness (QED) is 0.612. The van der Waals surface area contributed by atoms with Crippen LogP contribution in [-0.4, -0.2) is 19.0 Å². The average Bonchev–Trinajstić information content (AvgIpc) is 2.01. The highest BCUT2D eigenvalue weighted by atomic mass is 16.1. The molecule has 3 N–H and O–H groups in total. The van der Waals surface area contributed by atoms with Crippen molar-refractivity contribution in [3.8, 4) is 0 Å². The van der Waals surface area contributed by atoms with Crippen LogP contribution < -0.4 is 11.1 Å². The van der Waals surface area contributed by atoms with Crippen molar-refractivity contribution in [2.75, 3.05) is 13.1 Å². The van der Waals surface area contributed by atoms with Crippen molar-refractivity contribution in [1.82, 2.24) is 5.32 Å². The molecule has 0 saturated heterocycles. The third-order valence-corrected chi connectivity index (χ3v) is 1.53. The summed E-state index contributed by atoms with van der Waals surface area (Å²) in [5.74, 6) is 0.517. The van der Waals surface area contributed by atoms with Crippen LogP contribution in [-0.2, 0) is 4.79 Å². The molecule has 0 aliphatic rings. The van der Waals surface area contributed by atoms with Gasteiger partial charge in [0.1, 0.15) is 0 Å². The van der Waals surface area contributed by atoms with Gasteiger partial charge in [-0.15, -0.1) is 0 Å². The number of nitrogens with one attached hydrogen (secondary N) is 1. The summed E-state index contributed by atoms with van der Waals surface area (Å²) >= 11 is 0. The van der Waals surface area contributed by atoms with Gasteiger partial charge in [-0.25, -0.2) is 0 Å². The minimum atomic E-state index is 0.132. The number of hydrogen-bond acceptors (Lipinski definition) is 2. The lowest BCUT2D eigenvalue weighted by Crippen LogP contribution is -2.30. The van der Waals surface area contributed by atoms with Crippen LogP contribution in [0.2, 0.25) is 0 Å². The maximum Gasteiger partial charge on any atom is 0.219 e. The lowest BCUT2D eigenvalue weighted by atomic mass is 10.2. The lowest BCUT2D eigenvalue weighted by molar-refractivity contribution is -0.121. The molecule has 0 aromatic heterocycles. The van der Waals surface area contributed by atoms with Crippen molar-refractivity contribution in [2.24, 2.45) is 11.7 Å². The Kier molecular flexibility index (Phi) is 5.84. The summed E-state index contributed by atoms with van der Waals surface area (Å²) in [5.41, 5.74) is 5.38. The van der Waals surface area contributed by atoms with Gasteiger partial charge >= 0.3 is 0 Å². The first-order valence-corrected chi connectivity index (χ1v) is 4.17. The van der Waals surface area contributed by atoms with E-state index in [-0.39, 0.29) is 5.91 Å². The molecule has 0 saturated carbocycles. The van der Waals surface area contributed by atoms with Crippen molar-refractivity contribution in [3.05, 3.63) is 0 Å². The summed E-state index contributed by atoms with van der Waals surface area (Å²) in [6, 6.07) is 0. The molecule has 0 aliphatic carbocycles. The van der Waals surface area contributed by atoms with Gasteiger partial charge in [0.05, 0.1) is 0 Å². The Hall–Kier alpha value is -0.570. The molecular formula is C8H18N2O. The van der Waals surface area contributed by atoms with Gasteiger partial charge < -0.3 is 11.1 Å². The first-order chi connectivity index (χ1) is 5.20. The second-order valence-electron chi connectivity index (χ2n) is 2.89. The molecule has 0 rings (SSSR count). The van der Waals surface area contributed by atoms with E-state index in [4.69, 9.17) is 5.73 Å². The Morgan fingerprint density at radius 1 is 1.64 bits per heavy atom. The zero-order chi connectivity index (χ0) is 8.69. The van der Waals surface area contributed by atoms with E-state index in [0.29, 0.717) is 25.4 Å². The molecule has 0 radical (unpaired) electrons. The highest BCUT2D eigenvalue weighted by molar-refractivity contribution is 5.75. The molecule has 3 heteroatoms. The van der Waals surface area contributed by atoms with E-state index in [1.165, 1.54) is 0 Å². The van der Waals surface area contributed by atoms with Crippen LogP contribution >= 0.6 is 0 Å². The molecule has 0 spiro atoms. The van der Waals surface area contributed by atoms with Crippen LogP contribution in [0.25, 0.3) is 0 Å². The normalized spacial score (nSPS) is 12.6. The predicted molar refractivity (Wildman–Crippen MR) is 46.1 cm³/mol. The van der Waals surface area contributed by atoms with E-state index in [2.05, 4.69) is 5.32 Å². The molecule has 0 fully saturated rings. The molecule has 0 aromatic carbocycles. The van der Waals surface area contributed by atoms with Crippen molar-refractivity contribution < 1.29 is 4.79 Å². The van der Waals surface area contributed by atoms with E-state index in [1.54, 1.807) is 0 Å². The number of hydrogen-bond donors (Lipinski definition) is 2. The van der Waals surface area contributed by atoms with Crippen molar-refractivity contribution in [3.63, 3.8) is 0 Å². The summed E-state index contributed by atoms with van der Waals surface area (Å²) < 4.78 is 0. The molecule has 1 amide bonds. The average molecular weight is 158 g/mol. The molecule has 0 aromatic rings. The van der Waals surface area contributed by atoms with Crippen LogP contribution in [0, 0.1) is 5.92 Å². The maximum absolute atomic E-state index is 10.9. The van der Waals surface area contributed by atoms with Gasteiger partial charge in [0.2, 0.25) is 5.91 Å². The standard InChI is InChI=1S/C8H18N2O/c1-3-4-8(11)10-6-7(2)5-9/h7H,3-6,9H2,1-2H3,(H,10,11). The third-order valence-electron chi connectivity index (χ3n) is 1.53. The molecule has 1 atom stereocenters. The largest absolute Gasteiger partial charge is 0.356 e. The monoisotopic (exact) mass is 158 g/mol. The maximum atomic E-state index is 10.9. The van der Waals surface area contributed by atoms with E-state index in [0.717, 1.165) is 6.42 Å². The van der Waals surface area contributed by atoms with Crippen LogP contribution in [0.3, 0.4) is 0 Å². The first kappa shape index (κ1) is 10.4. The van der Waals surface area contributed by atoms with Gasteiger partial charge in [-0.05, 0) is 18.9 Å². The SMILES string of the molecule is CCCC(=O)NCC(C)CN.